The van der Waals surface area contributed by atoms with E-state index in [1.54, 1.807) is 13.8 Å². The zero-order chi connectivity index (χ0) is 22.6. The molecule has 0 saturated heterocycles. The summed E-state index contributed by atoms with van der Waals surface area (Å²) in [5.74, 6) is -2.03. The molecule has 164 valence electrons. The summed E-state index contributed by atoms with van der Waals surface area (Å²) >= 11 is 0. The number of carboxylic acids is 1. The van der Waals surface area contributed by atoms with Gasteiger partial charge in [0.25, 0.3) is 0 Å². The minimum Gasteiger partial charge on any atom is -0.481 e. The molecule has 0 aromatic heterocycles. The highest BCUT2D eigenvalue weighted by Gasteiger charge is 2.31. The van der Waals surface area contributed by atoms with Crippen molar-refractivity contribution in [1.82, 2.24) is 10.6 Å². The molecule has 7 heteroatoms. The van der Waals surface area contributed by atoms with E-state index in [9.17, 15) is 14.4 Å². The lowest BCUT2D eigenvalue weighted by Crippen LogP contribution is -2.46. The Morgan fingerprint density at radius 2 is 1.55 bits per heavy atom. The van der Waals surface area contributed by atoms with Gasteiger partial charge in [-0.15, -0.1) is 0 Å². The molecule has 31 heavy (non-hydrogen) atoms. The largest absolute Gasteiger partial charge is 0.481 e. The predicted molar refractivity (Wildman–Crippen MR) is 117 cm³/mol. The first kappa shape index (κ1) is 22.3. The molecule has 7 nitrogen and oxygen atoms in total. The molecule has 0 saturated carbocycles. The Hall–Kier alpha value is -3.35. The number of fused-ring (bicyclic) bond motifs is 3. The molecule has 1 aliphatic carbocycles. The van der Waals surface area contributed by atoms with Gasteiger partial charge in [0.05, 0.1) is 11.3 Å². The topological polar surface area (TPSA) is 105 Å². The third kappa shape index (κ3) is 5.05. The van der Waals surface area contributed by atoms with Gasteiger partial charge in [0.2, 0.25) is 5.91 Å². The molecule has 1 unspecified atom stereocenters. The van der Waals surface area contributed by atoms with Crippen LogP contribution in [0, 0.1) is 11.3 Å². The molecule has 0 fully saturated rings. The maximum atomic E-state index is 12.3. The standard InChI is InChI=1S/C24H28N2O5/c1-15(21(27)28)12-25-22(29)24(2,3)14-26-23(30)31-13-20-18-10-6-4-8-16(18)17-9-5-7-11-19(17)20/h4-11,15,20H,12-14H2,1-3H3,(H,25,29)(H,26,30)(H,27,28). The number of amides is 2. The van der Waals surface area contributed by atoms with Gasteiger partial charge in [0.1, 0.15) is 6.61 Å². The molecule has 2 amide bonds. The highest BCUT2D eigenvalue weighted by Crippen LogP contribution is 2.44. The van der Waals surface area contributed by atoms with Crippen molar-refractivity contribution < 1.29 is 24.2 Å². The van der Waals surface area contributed by atoms with Gasteiger partial charge < -0.3 is 20.5 Å². The quantitative estimate of drug-likeness (QED) is 0.603. The van der Waals surface area contributed by atoms with E-state index in [2.05, 4.69) is 22.8 Å². The minimum atomic E-state index is -0.977. The smallest absolute Gasteiger partial charge is 0.407 e. The van der Waals surface area contributed by atoms with Gasteiger partial charge in [0.15, 0.2) is 0 Å². The average molecular weight is 424 g/mol. The molecule has 0 aliphatic heterocycles. The molecule has 3 rings (SSSR count). The number of hydrogen-bond donors (Lipinski definition) is 3. The number of nitrogens with one attached hydrogen (secondary N) is 2. The molecular weight excluding hydrogens is 396 g/mol. The van der Waals surface area contributed by atoms with E-state index in [0.717, 1.165) is 22.3 Å². The van der Waals surface area contributed by atoms with Crippen LogP contribution in [0.3, 0.4) is 0 Å². The lowest BCUT2D eigenvalue weighted by molar-refractivity contribution is -0.141. The van der Waals surface area contributed by atoms with Gasteiger partial charge in [0, 0.05) is 19.0 Å². The summed E-state index contributed by atoms with van der Waals surface area (Å²) in [6, 6.07) is 16.2. The van der Waals surface area contributed by atoms with Crippen LogP contribution in [0.5, 0.6) is 0 Å². The zero-order valence-electron chi connectivity index (χ0n) is 18.0. The van der Waals surface area contributed by atoms with Crippen LogP contribution in [0.1, 0.15) is 37.8 Å². The summed E-state index contributed by atoms with van der Waals surface area (Å²) < 4.78 is 5.49. The second-order valence-corrected chi connectivity index (χ2v) is 8.51. The van der Waals surface area contributed by atoms with E-state index in [1.807, 2.05) is 36.4 Å². The highest BCUT2D eigenvalue weighted by molar-refractivity contribution is 5.83. The van der Waals surface area contributed by atoms with Crippen molar-refractivity contribution in [3.8, 4) is 11.1 Å². The van der Waals surface area contributed by atoms with Crippen molar-refractivity contribution in [2.75, 3.05) is 19.7 Å². The Kier molecular flexibility index (Phi) is 6.63. The van der Waals surface area contributed by atoms with Gasteiger partial charge in [-0.25, -0.2) is 4.79 Å². The molecule has 0 heterocycles. The lowest BCUT2D eigenvalue weighted by atomic mass is 9.92. The molecule has 1 atom stereocenters. The third-order valence-corrected chi connectivity index (χ3v) is 5.62. The number of carbonyl (C=O) groups excluding carboxylic acids is 2. The molecular formula is C24H28N2O5. The van der Waals surface area contributed by atoms with E-state index in [4.69, 9.17) is 9.84 Å². The molecule has 2 aromatic rings. The second kappa shape index (κ2) is 9.20. The fraction of sp³-hybridized carbons (Fsp3) is 0.375. The second-order valence-electron chi connectivity index (χ2n) is 8.51. The van der Waals surface area contributed by atoms with Crippen LogP contribution in [0.25, 0.3) is 11.1 Å². The summed E-state index contributed by atoms with van der Waals surface area (Å²) in [5, 5.41) is 14.2. The number of benzene rings is 2. The number of aliphatic carboxylic acids is 1. The van der Waals surface area contributed by atoms with Crippen molar-refractivity contribution in [2.24, 2.45) is 11.3 Å². The maximum Gasteiger partial charge on any atom is 0.407 e. The lowest BCUT2D eigenvalue weighted by Gasteiger charge is -2.24. The monoisotopic (exact) mass is 424 g/mol. The summed E-state index contributed by atoms with van der Waals surface area (Å²) in [7, 11) is 0. The van der Waals surface area contributed by atoms with Crippen molar-refractivity contribution in [1.29, 1.82) is 0 Å². The minimum absolute atomic E-state index is 0.0303. The van der Waals surface area contributed by atoms with Gasteiger partial charge >= 0.3 is 12.1 Å². The number of rotatable bonds is 8. The number of hydrogen-bond acceptors (Lipinski definition) is 4. The van der Waals surface area contributed by atoms with Gasteiger partial charge in [-0.1, -0.05) is 55.5 Å². The molecule has 0 bridgehead atoms. The highest BCUT2D eigenvalue weighted by atomic mass is 16.5. The Morgan fingerprint density at radius 3 is 2.10 bits per heavy atom. The van der Waals surface area contributed by atoms with Gasteiger partial charge in [-0.3, -0.25) is 9.59 Å². The molecule has 3 N–H and O–H groups in total. The number of ether oxygens (including phenoxy) is 1. The summed E-state index contributed by atoms with van der Waals surface area (Å²) in [6.45, 7) is 5.17. The van der Waals surface area contributed by atoms with E-state index in [0.29, 0.717) is 0 Å². The van der Waals surface area contributed by atoms with Crippen molar-refractivity contribution in [3.05, 3.63) is 59.7 Å². The van der Waals surface area contributed by atoms with Crippen molar-refractivity contribution in [2.45, 2.75) is 26.7 Å². The Balaban J connectivity index is 1.54. The maximum absolute atomic E-state index is 12.3. The molecule has 0 radical (unpaired) electrons. The Morgan fingerprint density at radius 1 is 1.00 bits per heavy atom. The van der Waals surface area contributed by atoms with E-state index >= 15 is 0 Å². The van der Waals surface area contributed by atoms with Crippen LogP contribution in [-0.4, -0.2) is 42.8 Å². The van der Waals surface area contributed by atoms with E-state index in [-0.39, 0.29) is 31.5 Å². The van der Waals surface area contributed by atoms with Crippen LogP contribution < -0.4 is 10.6 Å². The van der Waals surface area contributed by atoms with Gasteiger partial charge in [-0.2, -0.15) is 0 Å². The van der Waals surface area contributed by atoms with Crippen LogP contribution in [0.2, 0.25) is 0 Å². The first-order valence-corrected chi connectivity index (χ1v) is 10.3. The summed E-state index contributed by atoms with van der Waals surface area (Å²) in [5.41, 5.74) is 3.65. The Labute approximate surface area is 181 Å². The van der Waals surface area contributed by atoms with Crippen LogP contribution in [-0.2, 0) is 14.3 Å². The normalized spacial score (nSPS) is 13.6. The van der Waals surface area contributed by atoms with Crippen LogP contribution in [0.4, 0.5) is 4.79 Å². The fourth-order valence-corrected chi connectivity index (χ4v) is 3.60. The van der Waals surface area contributed by atoms with Gasteiger partial charge in [-0.05, 0) is 36.1 Å². The third-order valence-electron chi connectivity index (χ3n) is 5.62. The first-order chi connectivity index (χ1) is 14.7. The Bertz CT molecular complexity index is 940. The average Bonchev–Trinajstić information content (AvgIpc) is 3.08. The first-order valence-electron chi connectivity index (χ1n) is 10.3. The van der Waals surface area contributed by atoms with Crippen LogP contribution >= 0.6 is 0 Å². The summed E-state index contributed by atoms with van der Waals surface area (Å²) in [4.78, 5) is 35.5. The van der Waals surface area contributed by atoms with Crippen LogP contribution in [0.15, 0.2) is 48.5 Å². The fourth-order valence-electron chi connectivity index (χ4n) is 3.60. The molecule has 0 spiro atoms. The molecule has 1 aliphatic rings. The number of carboxylic acid groups (broad SMARTS) is 1. The number of alkyl carbamates (subject to hydrolysis) is 1. The predicted octanol–water partition coefficient (Wildman–Crippen LogP) is 3.39. The van der Waals surface area contributed by atoms with E-state index < -0.39 is 23.4 Å². The summed E-state index contributed by atoms with van der Waals surface area (Å²) in [6.07, 6.45) is -0.596. The van der Waals surface area contributed by atoms with Crippen molar-refractivity contribution in [3.63, 3.8) is 0 Å². The zero-order valence-corrected chi connectivity index (χ0v) is 18.0. The van der Waals surface area contributed by atoms with E-state index in [1.165, 1.54) is 6.92 Å². The SMILES string of the molecule is CC(CNC(=O)C(C)(C)CNC(=O)OCC1c2ccccc2-c2ccccc21)C(=O)O. The van der Waals surface area contributed by atoms with Crippen molar-refractivity contribution >= 4 is 18.0 Å². The molecule has 2 aromatic carbocycles. The number of carbonyl (C=O) groups is 3.